The molecule has 0 fully saturated rings. The van der Waals surface area contributed by atoms with Crippen molar-refractivity contribution in [3.05, 3.63) is 23.8 Å². The first-order valence-corrected chi connectivity index (χ1v) is 6.73. The van der Waals surface area contributed by atoms with E-state index in [1.165, 1.54) is 0 Å². The Morgan fingerprint density at radius 1 is 1.32 bits per heavy atom. The third-order valence-corrected chi connectivity index (χ3v) is 2.82. The molecule has 0 heterocycles. The summed E-state index contributed by atoms with van der Waals surface area (Å²) in [7, 11) is 5.79. The highest BCUT2D eigenvalue weighted by Gasteiger charge is 2.08. The van der Waals surface area contributed by atoms with Crippen LogP contribution in [0.1, 0.15) is 18.9 Å². The maximum Gasteiger partial charge on any atom is 0.126 e. The molecule has 4 nitrogen and oxygen atoms in total. The van der Waals surface area contributed by atoms with Gasteiger partial charge < -0.3 is 20.1 Å². The monoisotopic (exact) mass is 266 g/mol. The van der Waals surface area contributed by atoms with Crippen molar-refractivity contribution in [3.8, 4) is 11.5 Å². The lowest BCUT2D eigenvalue weighted by Gasteiger charge is -2.15. The Hall–Kier alpha value is -1.26. The van der Waals surface area contributed by atoms with Gasteiger partial charge in [0.2, 0.25) is 0 Å². The van der Waals surface area contributed by atoms with E-state index in [1.54, 1.807) is 7.11 Å². The van der Waals surface area contributed by atoms with Crippen molar-refractivity contribution < 1.29 is 9.47 Å². The summed E-state index contributed by atoms with van der Waals surface area (Å²) < 4.78 is 11.1. The van der Waals surface area contributed by atoms with Crippen molar-refractivity contribution >= 4 is 0 Å². The summed E-state index contributed by atoms with van der Waals surface area (Å²) in [6.45, 7) is 3.73. The quantitative estimate of drug-likeness (QED) is 0.730. The molecule has 0 bridgehead atoms. The van der Waals surface area contributed by atoms with Gasteiger partial charge in [-0.25, -0.2) is 0 Å². The Morgan fingerprint density at radius 2 is 2.05 bits per heavy atom. The summed E-state index contributed by atoms with van der Waals surface area (Å²) in [5.41, 5.74) is 7.00. The molecule has 1 aromatic rings. The molecule has 1 aromatic carbocycles. The lowest BCUT2D eigenvalue weighted by Crippen LogP contribution is -2.19. The van der Waals surface area contributed by atoms with Gasteiger partial charge in [-0.2, -0.15) is 0 Å². The number of hydrogen-bond acceptors (Lipinski definition) is 4. The molecule has 4 heteroatoms. The third-order valence-electron chi connectivity index (χ3n) is 2.82. The van der Waals surface area contributed by atoms with Crippen LogP contribution < -0.4 is 15.2 Å². The Balaban J connectivity index is 2.65. The van der Waals surface area contributed by atoms with Gasteiger partial charge in [0.1, 0.15) is 11.5 Å². The molecular formula is C15H26N2O2. The molecule has 0 aromatic heterocycles. The smallest absolute Gasteiger partial charge is 0.126 e. The second kappa shape index (κ2) is 8.02. The predicted molar refractivity (Wildman–Crippen MR) is 79.0 cm³/mol. The number of benzene rings is 1. The zero-order valence-electron chi connectivity index (χ0n) is 12.5. The lowest BCUT2D eigenvalue weighted by molar-refractivity contribution is 0.277. The van der Waals surface area contributed by atoms with Crippen molar-refractivity contribution in [1.29, 1.82) is 0 Å². The summed E-state index contributed by atoms with van der Waals surface area (Å²) >= 11 is 0. The Bertz CT molecular complexity index is 378. The van der Waals surface area contributed by atoms with Crippen LogP contribution >= 0.6 is 0 Å². The fraction of sp³-hybridized carbons (Fsp3) is 0.600. The van der Waals surface area contributed by atoms with Gasteiger partial charge in [0.05, 0.1) is 13.7 Å². The van der Waals surface area contributed by atoms with E-state index in [0.717, 1.165) is 36.4 Å². The second-order valence-electron chi connectivity index (χ2n) is 5.16. The number of rotatable bonds is 8. The zero-order chi connectivity index (χ0) is 14.3. The number of nitrogens with zero attached hydrogens (tertiary/aromatic N) is 1. The van der Waals surface area contributed by atoms with Gasteiger partial charge in [0.25, 0.3) is 0 Å². The molecule has 0 radical (unpaired) electrons. The minimum Gasteiger partial charge on any atom is -0.497 e. The third kappa shape index (κ3) is 5.94. The average molecular weight is 266 g/mol. The van der Waals surface area contributed by atoms with Crippen molar-refractivity contribution in [2.24, 2.45) is 5.73 Å². The molecule has 0 aliphatic heterocycles. The largest absolute Gasteiger partial charge is 0.497 e. The molecule has 2 N–H and O–H groups in total. The highest BCUT2D eigenvalue weighted by atomic mass is 16.5. The maximum absolute atomic E-state index is 5.87. The van der Waals surface area contributed by atoms with Gasteiger partial charge in [-0.1, -0.05) is 6.07 Å². The van der Waals surface area contributed by atoms with E-state index < -0.39 is 0 Å². The van der Waals surface area contributed by atoms with Gasteiger partial charge in [-0.3, -0.25) is 0 Å². The first-order valence-electron chi connectivity index (χ1n) is 6.73. The second-order valence-corrected chi connectivity index (χ2v) is 5.16. The van der Waals surface area contributed by atoms with Crippen LogP contribution in [0.15, 0.2) is 18.2 Å². The molecule has 19 heavy (non-hydrogen) atoms. The van der Waals surface area contributed by atoms with Gasteiger partial charge in [-0.05, 0) is 45.5 Å². The Morgan fingerprint density at radius 3 is 2.63 bits per heavy atom. The number of methoxy groups -OCH3 is 1. The molecule has 1 rings (SSSR count). The van der Waals surface area contributed by atoms with E-state index in [2.05, 4.69) is 19.0 Å². The SMILES string of the molecule is COc1ccc(CC(C)N)c(OCCCN(C)C)c1. The number of ether oxygens (including phenoxy) is 2. The van der Waals surface area contributed by atoms with E-state index in [0.29, 0.717) is 6.61 Å². The molecule has 0 aliphatic rings. The van der Waals surface area contributed by atoms with Gasteiger partial charge in [-0.15, -0.1) is 0 Å². The van der Waals surface area contributed by atoms with Gasteiger partial charge in [0, 0.05) is 18.7 Å². The Labute approximate surface area is 116 Å². The van der Waals surface area contributed by atoms with Crippen LogP contribution in [0.3, 0.4) is 0 Å². The predicted octanol–water partition coefficient (Wildman–Crippen LogP) is 1.92. The molecule has 0 saturated heterocycles. The average Bonchev–Trinajstić information content (AvgIpc) is 2.35. The van der Waals surface area contributed by atoms with E-state index in [4.69, 9.17) is 15.2 Å². The highest BCUT2D eigenvalue weighted by molar-refractivity contribution is 5.41. The lowest BCUT2D eigenvalue weighted by atomic mass is 10.1. The fourth-order valence-corrected chi connectivity index (χ4v) is 1.87. The van der Waals surface area contributed by atoms with Crippen molar-refractivity contribution in [3.63, 3.8) is 0 Å². The highest BCUT2D eigenvalue weighted by Crippen LogP contribution is 2.26. The maximum atomic E-state index is 5.87. The van der Waals surface area contributed by atoms with E-state index in [-0.39, 0.29) is 6.04 Å². The molecule has 1 unspecified atom stereocenters. The van der Waals surface area contributed by atoms with Crippen LogP contribution in [0.5, 0.6) is 11.5 Å². The van der Waals surface area contributed by atoms with Crippen LogP contribution in [-0.4, -0.2) is 45.3 Å². The van der Waals surface area contributed by atoms with E-state index in [9.17, 15) is 0 Å². The molecule has 1 atom stereocenters. The normalized spacial score (nSPS) is 12.5. The van der Waals surface area contributed by atoms with E-state index in [1.807, 2.05) is 25.1 Å². The van der Waals surface area contributed by atoms with Crippen LogP contribution in [0, 0.1) is 0 Å². The standard InChI is InChI=1S/C15H26N2O2/c1-12(16)10-13-6-7-14(18-4)11-15(13)19-9-5-8-17(2)3/h6-7,11-12H,5,8-10,16H2,1-4H3. The molecule has 108 valence electrons. The van der Waals surface area contributed by atoms with Crippen LogP contribution in [-0.2, 0) is 6.42 Å². The van der Waals surface area contributed by atoms with Crippen LogP contribution in [0.4, 0.5) is 0 Å². The van der Waals surface area contributed by atoms with Gasteiger partial charge in [0.15, 0.2) is 0 Å². The minimum atomic E-state index is 0.123. The van der Waals surface area contributed by atoms with Crippen molar-refractivity contribution in [1.82, 2.24) is 4.90 Å². The van der Waals surface area contributed by atoms with Crippen molar-refractivity contribution in [2.45, 2.75) is 25.8 Å². The summed E-state index contributed by atoms with van der Waals surface area (Å²) in [5.74, 6) is 1.70. The molecule has 0 saturated carbocycles. The molecule has 0 aliphatic carbocycles. The minimum absolute atomic E-state index is 0.123. The van der Waals surface area contributed by atoms with Crippen LogP contribution in [0.25, 0.3) is 0 Å². The van der Waals surface area contributed by atoms with E-state index >= 15 is 0 Å². The topological polar surface area (TPSA) is 47.7 Å². The van der Waals surface area contributed by atoms with Gasteiger partial charge >= 0.3 is 0 Å². The zero-order valence-corrected chi connectivity index (χ0v) is 12.5. The fourth-order valence-electron chi connectivity index (χ4n) is 1.87. The number of nitrogens with two attached hydrogens (primary N) is 1. The first kappa shape index (κ1) is 15.8. The summed E-state index contributed by atoms with van der Waals surface area (Å²) in [6.07, 6.45) is 1.81. The molecule has 0 spiro atoms. The first-order chi connectivity index (χ1) is 9.02. The molecule has 0 amide bonds. The number of hydrogen-bond donors (Lipinski definition) is 1. The Kier molecular flexibility index (Phi) is 6.67. The summed E-state index contributed by atoms with van der Waals surface area (Å²) in [6, 6.07) is 6.04. The molecular weight excluding hydrogens is 240 g/mol. The van der Waals surface area contributed by atoms with Crippen molar-refractivity contribution in [2.75, 3.05) is 34.4 Å². The summed E-state index contributed by atoms with van der Waals surface area (Å²) in [4.78, 5) is 2.15. The van der Waals surface area contributed by atoms with Crippen LogP contribution in [0.2, 0.25) is 0 Å². The summed E-state index contributed by atoms with van der Waals surface area (Å²) in [5, 5.41) is 0.